The largest absolute Gasteiger partial charge is 0.352 e. The first-order valence-electron chi connectivity index (χ1n) is 9.63. The lowest BCUT2D eigenvalue weighted by molar-refractivity contribution is -0.119. The maximum Gasteiger partial charge on any atom is 0.251 e. The van der Waals surface area contributed by atoms with Crippen molar-refractivity contribution in [3.05, 3.63) is 70.8 Å². The van der Waals surface area contributed by atoms with Crippen LogP contribution in [-0.4, -0.2) is 11.8 Å². The molecule has 0 radical (unpaired) electrons. The Morgan fingerprint density at radius 2 is 1.52 bits per heavy atom. The van der Waals surface area contributed by atoms with Gasteiger partial charge in [0.2, 0.25) is 5.91 Å². The van der Waals surface area contributed by atoms with Crippen molar-refractivity contribution in [2.45, 2.75) is 53.1 Å². The summed E-state index contributed by atoms with van der Waals surface area (Å²) in [5, 5.41) is 5.91. The molecular formula is C23H30N2O2. The van der Waals surface area contributed by atoms with Gasteiger partial charge in [-0.2, -0.15) is 0 Å². The fourth-order valence-corrected chi connectivity index (χ4v) is 3.04. The van der Waals surface area contributed by atoms with Crippen LogP contribution < -0.4 is 10.6 Å². The van der Waals surface area contributed by atoms with Crippen LogP contribution in [0.2, 0.25) is 0 Å². The van der Waals surface area contributed by atoms with Crippen molar-refractivity contribution in [1.82, 2.24) is 10.6 Å². The number of carbonyl (C=O) groups excluding carboxylic acids is 2. The average molecular weight is 367 g/mol. The maximum atomic E-state index is 12.7. The lowest BCUT2D eigenvalue weighted by Gasteiger charge is -2.23. The Kier molecular flexibility index (Phi) is 7.59. The van der Waals surface area contributed by atoms with Crippen LogP contribution >= 0.6 is 0 Å². The minimum Gasteiger partial charge on any atom is -0.352 e. The molecule has 1 unspecified atom stereocenters. The van der Waals surface area contributed by atoms with Gasteiger partial charge < -0.3 is 10.6 Å². The monoisotopic (exact) mass is 366 g/mol. The molecule has 0 aliphatic heterocycles. The minimum atomic E-state index is -0.0857. The maximum absolute atomic E-state index is 12.7. The van der Waals surface area contributed by atoms with Crippen molar-refractivity contribution >= 4 is 11.8 Å². The van der Waals surface area contributed by atoms with Crippen LogP contribution in [0, 0.1) is 5.92 Å². The molecule has 2 aromatic carbocycles. The highest BCUT2D eigenvalue weighted by atomic mass is 16.2. The lowest BCUT2D eigenvalue weighted by Crippen LogP contribution is -2.31. The third kappa shape index (κ3) is 6.24. The molecule has 0 aliphatic rings. The second kappa shape index (κ2) is 9.91. The second-order valence-electron chi connectivity index (χ2n) is 7.29. The summed E-state index contributed by atoms with van der Waals surface area (Å²) in [4.78, 5) is 23.7. The molecule has 0 heterocycles. The summed E-state index contributed by atoms with van der Waals surface area (Å²) in [6.45, 7) is 8.36. The van der Waals surface area contributed by atoms with E-state index < -0.39 is 0 Å². The van der Waals surface area contributed by atoms with Gasteiger partial charge in [0.1, 0.15) is 0 Å². The van der Waals surface area contributed by atoms with E-state index in [0.29, 0.717) is 12.1 Å². The number of amides is 2. The molecule has 4 nitrogen and oxygen atoms in total. The van der Waals surface area contributed by atoms with Gasteiger partial charge in [-0.15, -0.1) is 0 Å². The van der Waals surface area contributed by atoms with Gasteiger partial charge in [-0.25, -0.2) is 0 Å². The van der Waals surface area contributed by atoms with E-state index in [4.69, 9.17) is 0 Å². The highest BCUT2D eigenvalue weighted by molar-refractivity contribution is 5.94. The number of nitrogens with one attached hydrogen (secondary N) is 2. The van der Waals surface area contributed by atoms with Gasteiger partial charge >= 0.3 is 0 Å². The van der Waals surface area contributed by atoms with Crippen molar-refractivity contribution in [3.8, 4) is 0 Å². The minimum absolute atomic E-state index is 0.0350. The molecule has 27 heavy (non-hydrogen) atoms. The molecule has 0 spiro atoms. The number of hydrogen-bond acceptors (Lipinski definition) is 2. The van der Waals surface area contributed by atoms with Gasteiger partial charge in [-0.05, 0) is 41.2 Å². The first-order valence-corrected chi connectivity index (χ1v) is 9.63. The van der Waals surface area contributed by atoms with E-state index in [-0.39, 0.29) is 23.8 Å². The van der Waals surface area contributed by atoms with Gasteiger partial charge in [-0.3, -0.25) is 9.59 Å². The van der Waals surface area contributed by atoms with E-state index in [1.165, 1.54) is 12.5 Å². The fourth-order valence-electron chi connectivity index (χ4n) is 3.04. The topological polar surface area (TPSA) is 58.2 Å². The Morgan fingerprint density at radius 1 is 0.926 bits per heavy atom. The predicted octanol–water partition coefficient (Wildman–Crippen LogP) is 4.40. The SMILES string of the molecule is CCCc1ccc(C(NC(=O)c2ccc(CNC(C)=O)cc2)C(C)C)cc1. The van der Waals surface area contributed by atoms with Crippen molar-refractivity contribution < 1.29 is 9.59 Å². The molecule has 0 fully saturated rings. The fraction of sp³-hybridized carbons (Fsp3) is 0.391. The Morgan fingerprint density at radius 3 is 2.04 bits per heavy atom. The highest BCUT2D eigenvalue weighted by Gasteiger charge is 2.19. The van der Waals surface area contributed by atoms with E-state index in [0.717, 1.165) is 24.0 Å². The zero-order chi connectivity index (χ0) is 19.8. The van der Waals surface area contributed by atoms with E-state index >= 15 is 0 Å². The quantitative estimate of drug-likeness (QED) is 0.727. The smallest absolute Gasteiger partial charge is 0.251 e. The number of rotatable bonds is 8. The summed E-state index contributed by atoms with van der Waals surface area (Å²) in [6, 6.07) is 15.8. The first kappa shape index (κ1) is 20.7. The molecule has 144 valence electrons. The molecule has 2 aromatic rings. The Hall–Kier alpha value is -2.62. The van der Waals surface area contributed by atoms with Crippen LogP contribution in [-0.2, 0) is 17.8 Å². The summed E-state index contributed by atoms with van der Waals surface area (Å²) in [5.74, 6) is 0.129. The summed E-state index contributed by atoms with van der Waals surface area (Å²) >= 11 is 0. The third-order valence-electron chi connectivity index (χ3n) is 4.59. The highest BCUT2D eigenvalue weighted by Crippen LogP contribution is 2.23. The summed E-state index contributed by atoms with van der Waals surface area (Å²) in [5.41, 5.74) is 4.04. The zero-order valence-corrected chi connectivity index (χ0v) is 16.7. The molecular weight excluding hydrogens is 336 g/mol. The van der Waals surface area contributed by atoms with Gasteiger partial charge in [0.25, 0.3) is 5.91 Å². The third-order valence-corrected chi connectivity index (χ3v) is 4.59. The summed E-state index contributed by atoms with van der Waals surface area (Å²) < 4.78 is 0. The molecule has 0 aliphatic carbocycles. The van der Waals surface area contributed by atoms with Crippen molar-refractivity contribution in [3.63, 3.8) is 0 Å². The standard InChI is InChI=1S/C23H30N2O2/c1-5-6-18-7-11-20(12-8-18)22(16(2)3)25-23(27)21-13-9-19(10-14-21)15-24-17(4)26/h7-14,16,22H,5-6,15H2,1-4H3,(H,24,26)(H,25,27). The molecule has 0 saturated carbocycles. The lowest BCUT2D eigenvalue weighted by atomic mass is 9.94. The molecule has 0 aromatic heterocycles. The normalized spacial score (nSPS) is 11.9. The Labute approximate surface area is 162 Å². The summed E-state index contributed by atoms with van der Waals surface area (Å²) in [6.07, 6.45) is 2.20. The van der Waals surface area contributed by atoms with Crippen LogP contribution in [0.1, 0.15) is 67.2 Å². The number of aryl methyl sites for hydroxylation is 1. The zero-order valence-electron chi connectivity index (χ0n) is 16.7. The molecule has 2 N–H and O–H groups in total. The number of benzene rings is 2. The van der Waals surface area contributed by atoms with E-state index in [1.807, 2.05) is 12.1 Å². The Bertz CT molecular complexity index is 749. The first-order chi connectivity index (χ1) is 12.9. The van der Waals surface area contributed by atoms with Crippen LogP contribution in [0.3, 0.4) is 0 Å². The molecule has 2 rings (SSSR count). The van der Waals surface area contributed by atoms with E-state index in [2.05, 4.69) is 55.7 Å². The molecule has 0 saturated heterocycles. The van der Waals surface area contributed by atoms with Gasteiger partial charge in [0.15, 0.2) is 0 Å². The molecule has 1 atom stereocenters. The van der Waals surface area contributed by atoms with Gasteiger partial charge in [-0.1, -0.05) is 63.6 Å². The predicted molar refractivity (Wildman–Crippen MR) is 109 cm³/mol. The molecule has 2 amide bonds. The number of hydrogen-bond donors (Lipinski definition) is 2. The van der Waals surface area contributed by atoms with E-state index in [1.54, 1.807) is 12.1 Å². The number of carbonyl (C=O) groups is 2. The van der Waals surface area contributed by atoms with Gasteiger partial charge in [0.05, 0.1) is 6.04 Å². The van der Waals surface area contributed by atoms with Crippen molar-refractivity contribution in [1.29, 1.82) is 0 Å². The van der Waals surface area contributed by atoms with Crippen molar-refractivity contribution in [2.75, 3.05) is 0 Å². The van der Waals surface area contributed by atoms with E-state index in [9.17, 15) is 9.59 Å². The van der Waals surface area contributed by atoms with Crippen LogP contribution in [0.5, 0.6) is 0 Å². The average Bonchev–Trinajstić information content (AvgIpc) is 2.65. The Balaban J connectivity index is 2.07. The second-order valence-corrected chi connectivity index (χ2v) is 7.29. The molecule has 0 bridgehead atoms. The van der Waals surface area contributed by atoms with Crippen LogP contribution in [0.25, 0.3) is 0 Å². The van der Waals surface area contributed by atoms with Gasteiger partial charge in [0, 0.05) is 19.0 Å². The van der Waals surface area contributed by atoms with Crippen LogP contribution in [0.15, 0.2) is 48.5 Å². The summed E-state index contributed by atoms with van der Waals surface area (Å²) in [7, 11) is 0. The van der Waals surface area contributed by atoms with Crippen LogP contribution in [0.4, 0.5) is 0 Å². The molecule has 4 heteroatoms. The van der Waals surface area contributed by atoms with Crippen molar-refractivity contribution in [2.24, 2.45) is 5.92 Å².